The van der Waals surface area contributed by atoms with Gasteiger partial charge in [-0.05, 0) is 0 Å². The molecule has 8 heteroatoms. The molecule has 0 aromatic rings. The minimum Gasteiger partial charge on any atom is -0.395 e. The van der Waals surface area contributed by atoms with E-state index in [9.17, 15) is 0 Å². The summed E-state index contributed by atoms with van der Waals surface area (Å²) in [6, 6.07) is 0. The number of halogens is 2. The van der Waals surface area contributed by atoms with Crippen LogP contribution >= 0.6 is 24.8 Å². The highest BCUT2D eigenvalue weighted by molar-refractivity contribution is 5.85. The molecule has 0 aromatic carbocycles. The zero-order valence-electron chi connectivity index (χ0n) is 6.69. The molecule has 0 fully saturated rings. The second-order valence-electron chi connectivity index (χ2n) is 1.36. The Bertz CT molecular complexity index is 44.0. The van der Waals surface area contributed by atoms with Crippen LogP contribution < -0.4 is 22.5 Å². The topological polar surface area (TPSA) is 117 Å². The summed E-state index contributed by atoms with van der Waals surface area (Å²) in [5.41, 5.74) is 4.53. The highest BCUT2D eigenvalue weighted by Crippen LogP contribution is 1.40. The van der Waals surface area contributed by atoms with Crippen molar-refractivity contribution in [1.29, 1.82) is 0 Å². The van der Waals surface area contributed by atoms with Gasteiger partial charge in [-0.25, -0.2) is 0 Å². The second-order valence-corrected chi connectivity index (χ2v) is 1.36. The Balaban J connectivity index is -0.0000000457. The van der Waals surface area contributed by atoms with Crippen molar-refractivity contribution in [1.82, 2.24) is 10.9 Å². The molecule has 0 amide bonds. The molecule has 0 bridgehead atoms. The van der Waals surface area contributed by atoms with E-state index >= 15 is 0 Å². The van der Waals surface area contributed by atoms with Crippen LogP contribution in [0.25, 0.3) is 0 Å². The van der Waals surface area contributed by atoms with Gasteiger partial charge in [0.15, 0.2) is 0 Å². The Kier molecular flexibility index (Phi) is 57.3. The summed E-state index contributed by atoms with van der Waals surface area (Å²) in [5, 5.41) is 15.8. The molecule has 0 unspecified atom stereocenters. The van der Waals surface area contributed by atoms with Crippen LogP contribution in [0.5, 0.6) is 0 Å². The molecule has 0 aliphatic heterocycles. The number of nitrogens with one attached hydrogen (secondary N) is 2. The molecule has 12 heavy (non-hydrogen) atoms. The molecule has 0 saturated carbocycles. The van der Waals surface area contributed by atoms with Gasteiger partial charge in [0.2, 0.25) is 0 Å². The lowest BCUT2D eigenvalue weighted by Gasteiger charge is -1.84. The van der Waals surface area contributed by atoms with Crippen molar-refractivity contribution in [2.45, 2.75) is 0 Å². The van der Waals surface area contributed by atoms with Gasteiger partial charge in [0.05, 0.1) is 13.2 Å². The minimum atomic E-state index is 0. The van der Waals surface area contributed by atoms with Gasteiger partial charge >= 0.3 is 0 Å². The average molecular weight is 225 g/mol. The number of hydrogen-bond donors (Lipinski definition) is 6. The summed E-state index contributed by atoms with van der Waals surface area (Å²) in [5.74, 6) is 9.46. The van der Waals surface area contributed by atoms with Crippen LogP contribution in [0.4, 0.5) is 0 Å². The van der Waals surface area contributed by atoms with Crippen LogP contribution in [-0.2, 0) is 0 Å². The zero-order chi connectivity index (χ0) is 8.24. The van der Waals surface area contributed by atoms with Crippen molar-refractivity contribution in [2.75, 3.05) is 26.3 Å². The Hall–Kier alpha value is 0.340. The highest BCUT2D eigenvalue weighted by atomic mass is 35.5. The molecule has 0 heterocycles. The zero-order valence-corrected chi connectivity index (χ0v) is 8.33. The molecule has 0 spiro atoms. The number of hydrogen-bond acceptors (Lipinski definition) is 6. The largest absolute Gasteiger partial charge is 0.395 e. The van der Waals surface area contributed by atoms with Crippen LogP contribution in [-0.4, -0.2) is 36.5 Å². The predicted octanol–water partition coefficient (Wildman–Crippen LogP) is -2.27. The molecule has 0 aliphatic rings. The normalized spacial score (nSPS) is 7.00. The number of hydrazine groups is 2. The first-order valence-electron chi connectivity index (χ1n) is 2.92. The predicted molar refractivity (Wildman–Crippen MR) is 53.0 cm³/mol. The third-order valence-electron chi connectivity index (χ3n) is 0.512. The van der Waals surface area contributed by atoms with Gasteiger partial charge in [0.1, 0.15) is 0 Å². The van der Waals surface area contributed by atoms with E-state index in [1.54, 1.807) is 0 Å². The third kappa shape index (κ3) is 47.9. The summed E-state index contributed by atoms with van der Waals surface area (Å²) < 4.78 is 0. The smallest absolute Gasteiger partial charge is 0.0569 e. The van der Waals surface area contributed by atoms with E-state index < -0.39 is 0 Å². The maximum Gasteiger partial charge on any atom is 0.0569 e. The van der Waals surface area contributed by atoms with Crippen LogP contribution in [0, 0.1) is 0 Å². The molecule has 0 saturated heterocycles. The van der Waals surface area contributed by atoms with E-state index in [0.29, 0.717) is 13.1 Å². The number of aliphatic hydroxyl groups is 2. The lowest BCUT2D eigenvalue weighted by molar-refractivity contribution is 0.293. The van der Waals surface area contributed by atoms with E-state index in [4.69, 9.17) is 21.9 Å². The summed E-state index contributed by atoms with van der Waals surface area (Å²) in [6.07, 6.45) is 0. The molecule has 0 radical (unpaired) electrons. The van der Waals surface area contributed by atoms with Gasteiger partial charge in [-0.1, -0.05) is 0 Å². The van der Waals surface area contributed by atoms with Gasteiger partial charge in [0, 0.05) is 13.1 Å². The molecular formula is C4H18Cl2N4O2. The Morgan fingerprint density at radius 2 is 1.08 bits per heavy atom. The van der Waals surface area contributed by atoms with Crippen molar-refractivity contribution < 1.29 is 10.2 Å². The molecule has 0 atom stereocenters. The molecule has 0 rings (SSSR count). The highest BCUT2D eigenvalue weighted by Gasteiger charge is 1.66. The molecular weight excluding hydrogens is 207 g/mol. The van der Waals surface area contributed by atoms with E-state index in [2.05, 4.69) is 10.9 Å². The first kappa shape index (κ1) is 22.8. The number of rotatable bonds is 4. The first-order valence-corrected chi connectivity index (χ1v) is 2.92. The van der Waals surface area contributed by atoms with E-state index in [1.165, 1.54) is 0 Å². The minimum absolute atomic E-state index is 0. The average Bonchev–Trinajstić information content (AvgIpc) is 1.93. The van der Waals surface area contributed by atoms with Crippen molar-refractivity contribution in [3.63, 3.8) is 0 Å². The van der Waals surface area contributed by atoms with Gasteiger partial charge in [-0.2, -0.15) is 0 Å². The summed E-state index contributed by atoms with van der Waals surface area (Å²) in [6.45, 7) is 1.16. The molecule has 6 nitrogen and oxygen atoms in total. The fourth-order valence-corrected chi connectivity index (χ4v) is 0.129. The number of aliphatic hydroxyl groups excluding tert-OH is 2. The number of nitrogens with two attached hydrogens (primary N) is 2. The molecule has 8 N–H and O–H groups in total. The maximum atomic E-state index is 7.92. The van der Waals surface area contributed by atoms with Crippen molar-refractivity contribution in [3.05, 3.63) is 0 Å². The fraction of sp³-hybridized carbons (Fsp3) is 1.00. The summed E-state index contributed by atoms with van der Waals surface area (Å²) >= 11 is 0. The van der Waals surface area contributed by atoms with E-state index in [1.807, 2.05) is 0 Å². The Morgan fingerprint density at radius 3 is 1.08 bits per heavy atom. The fourth-order valence-electron chi connectivity index (χ4n) is 0.129. The van der Waals surface area contributed by atoms with Gasteiger partial charge in [-0.3, -0.25) is 22.5 Å². The van der Waals surface area contributed by atoms with Gasteiger partial charge in [0.25, 0.3) is 0 Å². The van der Waals surface area contributed by atoms with E-state index in [0.717, 1.165) is 0 Å². The maximum absolute atomic E-state index is 7.92. The van der Waals surface area contributed by atoms with Crippen molar-refractivity contribution >= 4 is 24.8 Å². The van der Waals surface area contributed by atoms with Gasteiger partial charge in [-0.15, -0.1) is 24.8 Å². The molecule has 0 aliphatic carbocycles. The van der Waals surface area contributed by atoms with Crippen molar-refractivity contribution in [2.24, 2.45) is 11.7 Å². The third-order valence-corrected chi connectivity index (χ3v) is 0.512. The van der Waals surface area contributed by atoms with Crippen molar-refractivity contribution in [3.8, 4) is 0 Å². The SMILES string of the molecule is Cl.Cl.NNCCO.NNCCO. The summed E-state index contributed by atoms with van der Waals surface area (Å²) in [4.78, 5) is 0. The summed E-state index contributed by atoms with van der Waals surface area (Å²) in [7, 11) is 0. The second kappa shape index (κ2) is 30.2. The molecule has 80 valence electrons. The van der Waals surface area contributed by atoms with Crippen LogP contribution in [0.3, 0.4) is 0 Å². The Morgan fingerprint density at radius 1 is 0.833 bits per heavy atom. The standard InChI is InChI=1S/2C2H8N2O.2ClH/c2*3-4-1-2-5;;/h2*4-5H,1-3H2;2*1H. The van der Waals surface area contributed by atoms with Crippen LogP contribution in [0.15, 0.2) is 0 Å². The Labute approximate surface area is 84.5 Å². The monoisotopic (exact) mass is 224 g/mol. The first-order chi connectivity index (χ1) is 4.83. The molecule has 0 aromatic heterocycles. The lowest BCUT2D eigenvalue weighted by atomic mass is 10.7. The lowest BCUT2D eigenvalue weighted by Crippen LogP contribution is -2.24. The van der Waals surface area contributed by atoms with E-state index in [-0.39, 0.29) is 38.0 Å². The quantitative estimate of drug-likeness (QED) is 0.237. The van der Waals surface area contributed by atoms with Crippen LogP contribution in [0.1, 0.15) is 0 Å². The van der Waals surface area contributed by atoms with Crippen LogP contribution in [0.2, 0.25) is 0 Å². The van der Waals surface area contributed by atoms with Gasteiger partial charge < -0.3 is 10.2 Å².